The van der Waals surface area contributed by atoms with Crippen LogP contribution in [0.3, 0.4) is 0 Å². The third-order valence-corrected chi connectivity index (χ3v) is 4.38. The first-order valence-corrected chi connectivity index (χ1v) is 7.02. The Kier molecular flexibility index (Phi) is 3.29. The molecule has 0 fully saturated rings. The smallest absolute Gasteiger partial charge is 0.0805 e. The fourth-order valence-electron chi connectivity index (χ4n) is 2.27. The fourth-order valence-corrected chi connectivity index (χ4v) is 3.28. The van der Waals surface area contributed by atoms with E-state index in [1.54, 1.807) is 11.3 Å². The summed E-state index contributed by atoms with van der Waals surface area (Å²) in [5, 5.41) is 3.24. The molecule has 3 aromatic rings. The van der Waals surface area contributed by atoms with Crippen LogP contribution in [0.25, 0.3) is 10.9 Å². The van der Waals surface area contributed by atoms with E-state index >= 15 is 0 Å². The molecule has 0 radical (unpaired) electrons. The van der Waals surface area contributed by atoms with Crippen LogP contribution in [0.15, 0.2) is 48.0 Å². The van der Waals surface area contributed by atoms with Crippen LogP contribution >= 0.6 is 11.3 Å². The summed E-state index contributed by atoms with van der Waals surface area (Å²) >= 11 is 1.72. The Hall–Kier alpha value is -1.75. The molecule has 3 N–H and O–H groups in total. The highest BCUT2D eigenvalue weighted by Crippen LogP contribution is 2.30. The standard InChI is InChI=1S/C15H15N3S/c1-10-6-8-19-15(10)14(18-16)12-5-4-11-3-2-7-17-13(11)9-12/h2-9,14,18H,16H2,1H3. The summed E-state index contributed by atoms with van der Waals surface area (Å²) in [6, 6.07) is 12.4. The van der Waals surface area contributed by atoms with E-state index in [2.05, 4.69) is 53.0 Å². The van der Waals surface area contributed by atoms with E-state index in [1.165, 1.54) is 10.4 Å². The van der Waals surface area contributed by atoms with Gasteiger partial charge in [-0.1, -0.05) is 18.2 Å². The first-order valence-electron chi connectivity index (χ1n) is 6.14. The average Bonchev–Trinajstić information content (AvgIpc) is 2.86. The van der Waals surface area contributed by atoms with Gasteiger partial charge in [0.1, 0.15) is 0 Å². The topological polar surface area (TPSA) is 50.9 Å². The predicted molar refractivity (Wildman–Crippen MR) is 80.0 cm³/mol. The molecule has 2 heterocycles. The van der Waals surface area contributed by atoms with Gasteiger partial charge < -0.3 is 0 Å². The summed E-state index contributed by atoms with van der Waals surface area (Å²) in [7, 11) is 0. The molecule has 0 spiro atoms. The van der Waals surface area contributed by atoms with Crippen molar-refractivity contribution in [2.24, 2.45) is 5.84 Å². The third-order valence-electron chi connectivity index (χ3n) is 3.29. The van der Waals surface area contributed by atoms with Crippen molar-refractivity contribution in [1.82, 2.24) is 10.4 Å². The van der Waals surface area contributed by atoms with Gasteiger partial charge in [0.25, 0.3) is 0 Å². The summed E-state index contributed by atoms with van der Waals surface area (Å²) in [6.07, 6.45) is 1.81. The SMILES string of the molecule is Cc1ccsc1C(NN)c1ccc2cccnc2c1. The minimum atomic E-state index is 0.0198. The van der Waals surface area contributed by atoms with Crippen molar-refractivity contribution in [3.8, 4) is 0 Å². The number of benzene rings is 1. The largest absolute Gasteiger partial charge is 0.271 e. The molecule has 0 aliphatic heterocycles. The van der Waals surface area contributed by atoms with E-state index in [9.17, 15) is 0 Å². The second kappa shape index (κ2) is 5.09. The van der Waals surface area contributed by atoms with Gasteiger partial charge in [-0.25, -0.2) is 5.43 Å². The molecule has 2 aromatic heterocycles. The van der Waals surface area contributed by atoms with E-state index in [0.717, 1.165) is 16.5 Å². The van der Waals surface area contributed by atoms with Crippen LogP contribution in [-0.4, -0.2) is 4.98 Å². The van der Waals surface area contributed by atoms with Gasteiger partial charge in [-0.05, 0) is 41.6 Å². The first kappa shape index (κ1) is 12.3. The number of fused-ring (bicyclic) bond motifs is 1. The van der Waals surface area contributed by atoms with Gasteiger partial charge in [0.15, 0.2) is 0 Å². The molecule has 1 atom stereocenters. The number of hydrogen-bond acceptors (Lipinski definition) is 4. The molecule has 1 unspecified atom stereocenters. The zero-order valence-corrected chi connectivity index (χ0v) is 11.4. The van der Waals surface area contributed by atoms with Crippen LogP contribution in [-0.2, 0) is 0 Å². The lowest BCUT2D eigenvalue weighted by atomic mass is 10.0. The maximum atomic E-state index is 5.75. The summed E-state index contributed by atoms with van der Waals surface area (Å²) < 4.78 is 0. The molecule has 4 heteroatoms. The summed E-state index contributed by atoms with van der Waals surface area (Å²) in [5.74, 6) is 5.75. The predicted octanol–water partition coefficient (Wildman–Crippen LogP) is 3.16. The Morgan fingerprint density at radius 1 is 1.26 bits per heavy atom. The van der Waals surface area contributed by atoms with E-state index in [1.807, 2.05) is 12.3 Å². The molecule has 0 saturated carbocycles. The van der Waals surface area contributed by atoms with Gasteiger partial charge in [0, 0.05) is 16.5 Å². The molecule has 3 rings (SSSR count). The third kappa shape index (κ3) is 2.26. The monoisotopic (exact) mass is 269 g/mol. The lowest BCUT2D eigenvalue weighted by Gasteiger charge is -2.16. The molecule has 0 saturated heterocycles. The van der Waals surface area contributed by atoms with Crippen molar-refractivity contribution in [3.05, 3.63) is 64.0 Å². The minimum Gasteiger partial charge on any atom is -0.271 e. The number of aromatic nitrogens is 1. The molecular weight excluding hydrogens is 254 g/mol. The van der Waals surface area contributed by atoms with E-state index < -0.39 is 0 Å². The highest BCUT2D eigenvalue weighted by molar-refractivity contribution is 7.10. The fraction of sp³-hybridized carbons (Fsp3) is 0.133. The van der Waals surface area contributed by atoms with Crippen molar-refractivity contribution in [3.63, 3.8) is 0 Å². The molecule has 0 aliphatic rings. The molecule has 0 aliphatic carbocycles. The Morgan fingerprint density at radius 3 is 2.89 bits per heavy atom. The molecule has 96 valence electrons. The Labute approximate surface area is 116 Å². The molecular formula is C15H15N3S. The molecule has 19 heavy (non-hydrogen) atoms. The number of rotatable bonds is 3. The Bertz CT molecular complexity index is 705. The van der Waals surface area contributed by atoms with Crippen LogP contribution < -0.4 is 11.3 Å². The average molecular weight is 269 g/mol. The van der Waals surface area contributed by atoms with E-state index in [-0.39, 0.29) is 6.04 Å². The zero-order chi connectivity index (χ0) is 13.2. The lowest BCUT2D eigenvalue weighted by Crippen LogP contribution is -2.28. The maximum Gasteiger partial charge on any atom is 0.0805 e. The van der Waals surface area contributed by atoms with Gasteiger partial charge in [0.2, 0.25) is 0 Å². The molecule has 0 bridgehead atoms. The van der Waals surface area contributed by atoms with Crippen molar-refractivity contribution in [1.29, 1.82) is 0 Å². The quantitative estimate of drug-likeness (QED) is 0.567. The van der Waals surface area contributed by atoms with Gasteiger partial charge in [-0.3, -0.25) is 10.8 Å². The minimum absolute atomic E-state index is 0.0198. The Morgan fingerprint density at radius 2 is 2.16 bits per heavy atom. The second-order valence-electron chi connectivity index (χ2n) is 4.52. The molecule has 3 nitrogen and oxygen atoms in total. The zero-order valence-electron chi connectivity index (χ0n) is 10.6. The highest BCUT2D eigenvalue weighted by Gasteiger charge is 2.16. The van der Waals surface area contributed by atoms with Crippen molar-refractivity contribution in [2.45, 2.75) is 13.0 Å². The summed E-state index contributed by atoms with van der Waals surface area (Å²) in [6.45, 7) is 2.11. The lowest BCUT2D eigenvalue weighted by molar-refractivity contribution is 0.644. The van der Waals surface area contributed by atoms with Crippen LogP contribution in [0.5, 0.6) is 0 Å². The maximum absolute atomic E-state index is 5.75. The number of nitrogens with zero attached hydrogens (tertiary/aromatic N) is 1. The summed E-state index contributed by atoms with van der Waals surface area (Å²) in [5.41, 5.74) is 6.30. The van der Waals surface area contributed by atoms with E-state index in [4.69, 9.17) is 5.84 Å². The van der Waals surface area contributed by atoms with Crippen LogP contribution in [0.4, 0.5) is 0 Å². The van der Waals surface area contributed by atoms with Crippen molar-refractivity contribution in [2.75, 3.05) is 0 Å². The van der Waals surface area contributed by atoms with Gasteiger partial charge >= 0.3 is 0 Å². The number of nitrogens with one attached hydrogen (secondary N) is 1. The van der Waals surface area contributed by atoms with Crippen LogP contribution in [0, 0.1) is 6.92 Å². The van der Waals surface area contributed by atoms with Crippen molar-refractivity contribution >= 4 is 22.2 Å². The summed E-state index contributed by atoms with van der Waals surface area (Å²) in [4.78, 5) is 5.65. The number of hydrazine groups is 1. The van der Waals surface area contributed by atoms with Gasteiger partial charge in [-0.15, -0.1) is 11.3 Å². The highest BCUT2D eigenvalue weighted by atomic mass is 32.1. The van der Waals surface area contributed by atoms with Gasteiger partial charge in [0.05, 0.1) is 11.6 Å². The number of pyridine rings is 1. The first-order chi connectivity index (χ1) is 9.29. The number of hydrogen-bond donors (Lipinski definition) is 2. The Balaban J connectivity index is 2.09. The van der Waals surface area contributed by atoms with Gasteiger partial charge in [-0.2, -0.15) is 0 Å². The van der Waals surface area contributed by atoms with Crippen molar-refractivity contribution < 1.29 is 0 Å². The number of aryl methyl sites for hydroxylation is 1. The molecule has 1 aromatic carbocycles. The van der Waals surface area contributed by atoms with Crippen LogP contribution in [0.1, 0.15) is 22.0 Å². The second-order valence-corrected chi connectivity index (χ2v) is 5.47. The number of nitrogens with two attached hydrogens (primary N) is 1. The van der Waals surface area contributed by atoms with E-state index in [0.29, 0.717) is 0 Å². The van der Waals surface area contributed by atoms with Crippen LogP contribution in [0.2, 0.25) is 0 Å². The number of thiophene rings is 1. The molecule has 0 amide bonds. The normalized spacial score (nSPS) is 12.7.